The van der Waals surface area contributed by atoms with Crippen molar-refractivity contribution < 1.29 is 4.79 Å². The Labute approximate surface area is 152 Å². The molecule has 7 heteroatoms. The maximum atomic E-state index is 12.4. The highest BCUT2D eigenvalue weighted by atomic mass is 35.5. The molecule has 4 nitrogen and oxygen atoms in total. The van der Waals surface area contributed by atoms with Gasteiger partial charge in [-0.3, -0.25) is 9.69 Å². The van der Waals surface area contributed by atoms with Gasteiger partial charge in [-0.05, 0) is 51.0 Å². The van der Waals surface area contributed by atoms with Crippen LogP contribution in [0.2, 0.25) is 15.1 Å². The van der Waals surface area contributed by atoms with Crippen molar-refractivity contribution in [1.82, 2.24) is 10.2 Å². The van der Waals surface area contributed by atoms with Gasteiger partial charge in [0.2, 0.25) is 5.91 Å². The fourth-order valence-electron chi connectivity index (χ4n) is 2.87. The van der Waals surface area contributed by atoms with Gasteiger partial charge >= 0.3 is 0 Å². The van der Waals surface area contributed by atoms with Crippen LogP contribution in [-0.2, 0) is 4.79 Å². The van der Waals surface area contributed by atoms with E-state index in [4.69, 9.17) is 34.8 Å². The molecule has 23 heavy (non-hydrogen) atoms. The lowest BCUT2D eigenvalue weighted by molar-refractivity contribution is -0.118. The molecular formula is C16H22Cl3N3O. The standard InChI is InChI=1S/C16H22Cl3N3O/c1-2-7-22(12-3-5-20-6-4-12)10-15(23)21-16-13(18)8-11(17)9-14(16)19/h8-9,12,20H,2-7,10H2,1H3,(H,21,23). The van der Waals surface area contributed by atoms with E-state index in [9.17, 15) is 4.79 Å². The molecule has 1 aromatic rings. The second kappa shape index (κ2) is 9.09. The summed E-state index contributed by atoms with van der Waals surface area (Å²) < 4.78 is 0. The van der Waals surface area contributed by atoms with Crippen LogP contribution in [0.25, 0.3) is 0 Å². The SMILES string of the molecule is CCCN(CC(=O)Nc1c(Cl)cc(Cl)cc1Cl)C1CCNCC1. The molecule has 0 radical (unpaired) electrons. The predicted molar refractivity (Wildman–Crippen MR) is 97.9 cm³/mol. The number of piperidine rings is 1. The number of benzene rings is 1. The molecule has 1 aromatic carbocycles. The molecule has 0 aromatic heterocycles. The molecule has 2 N–H and O–H groups in total. The number of anilines is 1. The highest BCUT2D eigenvalue weighted by Gasteiger charge is 2.23. The highest BCUT2D eigenvalue weighted by Crippen LogP contribution is 2.33. The van der Waals surface area contributed by atoms with E-state index in [2.05, 4.69) is 22.5 Å². The second-order valence-corrected chi connectivity index (χ2v) is 7.00. The Kier molecular flexibility index (Phi) is 7.44. The van der Waals surface area contributed by atoms with Crippen molar-refractivity contribution >= 4 is 46.4 Å². The Bertz CT molecular complexity index is 524. The summed E-state index contributed by atoms with van der Waals surface area (Å²) in [6.07, 6.45) is 3.14. The zero-order valence-corrected chi connectivity index (χ0v) is 15.4. The van der Waals surface area contributed by atoms with Crippen LogP contribution in [0, 0.1) is 0 Å². The summed E-state index contributed by atoms with van der Waals surface area (Å²) in [6.45, 7) is 5.37. The minimum absolute atomic E-state index is 0.108. The number of nitrogens with zero attached hydrogens (tertiary/aromatic N) is 1. The summed E-state index contributed by atoms with van der Waals surface area (Å²) in [5.41, 5.74) is 0.421. The average molecular weight is 379 g/mol. The van der Waals surface area contributed by atoms with Crippen LogP contribution in [0.15, 0.2) is 12.1 Å². The van der Waals surface area contributed by atoms with Gasteiger partial charge in [0.05, 0.1) is 22.3 Å². The van der Waals surface area contributed by atoms with Gasteiger partial charge in [-0.1, -0.05) is 41.7 Å². The number of amides is 1. The zero-order valence-electron chi connectivity index (χ0n) is 13.2. The molecule has 0 spiro atoms. The highest BCUT2D eigenvalue weighted by molar-refractivity contribution is 6.42. The molecule has 2 rings (SSSR count). The number of hydrogen-bond donors (Lipinski definition) is 2. The molecule has 1 amide bonds. The largest absolute Gasteiger partial charge is 0.322 e. The monoisotopic (exact) mass is 377 g/mol. The Morgan fingerprint density at radius 3 is 2.43 bits per heavy atom. The molecule has 0 aliphatic carbocycles. The van der Waals surface area contributed by atoms with Crippen molar-refractivity contribution in [2.24, 2.45) is 0 Å². The summed E-state index contributed by atoms with van der Waals surface area (Å²) in [6, 6.07) is 3.58. The minimum Gasteiger partial charge on any atom is -0.322 e. The number of hydrogen-bond acceptors (Lipinski definition) is 3. The van der Waals surface area contributed by atoms with Gasteiger partial charge in [-0.2, -0.15) is 0 Å². The van der Waals surface area contributed by atoms with E-state index in [1.165, 1.54) is 0 Å². The first-order valence-corrected chi connectivity index (χ1v) is 9.03. The van der Waals surface area contributed by atoms with E-state index in [1.807, 2.05) is 0 Å². The third kappa shape index (κ3) is 5.50. The lowest BCUT2D eigenvalue weighted by Gasteiger charge is -2.34. The fourth-order valence-corrected chi connectivity index (χ4v) is 3.79. The molecule has 0 saturated carbocycles. The van der Waals surface area contributed by atoms with E-state index in [-0.39, 0.29) is 5.91 Å². The number of carbonyl (C=O) groups excluding carboxylic acids is 1. The van der Waals surface area contributed by atoms with Crippen molar-refractivity contribution in [1.29, 1.82) is 0 Å². The molecular weight excluding hydrogens is 357 g/mol. The van der Waals surface area contributed by atoms with Crippen molar-refractivity contribution in [3.8, 4) is 0 Å². The molecule has 1 aliphatic rings. The van der Waals surface area contributed by atoms with Crippen molar-refractivity contribution in [2.75, 3.05) is 31.5 Å². The number of rotatable bonds is 6. The van der Waals surface area contributed by atoms with Gasteiger partial charge in [-0.25, -0.2) is 0 Å². The van der Waals surface area contributed by atoms with Gasteiger partial charge in [-0.15, -0.1) is 0 Å². The first kappa shape index (κ1) is 18.8. The Morgan fingerprint density at radius 1 is 1.26 bits per heavy atom. The maximum absolute atomic E-state index is 12.4. The lowest BCUT2D eigenvalue weighted by Crippen LogP contribution is -2.46. The first-order valence-electron chi connectivity index (χ1n) is 7.90. The topological polar surface area (TPSA) is 44.4 Å². The third-order valence-electron chi connectivity index (χ3n) is 3.95. The smallest absolute Gasteiger partial charge is 0.238 e. The average Bonchev–Trinajstić information content (AvgIpc) is 2.51. The van der Waals surface area contributed by atoms with Crippen molar-refractivity contribution in [2.45, 2.75) is 32.2 Å². The summed E-state index contributed by atoms with van der Waals surface area (Å²) >= 11 is 18.1. The Morgan fingerprint density at radius 2 is 1.87 bits per heavy atom. The predicted octanol–water partition coefficient (Wildman–Crippen LogP) is 4.05. The van der Waals surface area contributed by atoms with Crippen LogP contribution in [0.5, 0.6) is 0 Å². The summed E-state index contributed by atoms with van der Waals surface area (Å²) in [5.74, 6) is -0.108. The van der Waals surface area contributed by atoms with Crippen molar-refractivity contribution in [3.05, 3.63) is 27.2 Å². The van der Waals surface area contributed by atoms with E-state index in [0.717, 1.165) is 38.9 Å². The molecule has 0 atom stereocenters. The fraction of sp³-hybridized carbons (Fsp3) is 0.562. The Balaban J connectivity index is 2.01. The number of halogens is 3. The van der Waals surface area contributed by atoms with Gasteiger partial charge in [0, 0.05) is 11.1 Å². The van der Waals surface area contributed by atoms with E-state index in [1.54, 1.807) is 12.1 Å². The minimum atomic E-state index is -0.108. The van der Waals surface area contributed by atoms with Crippen LogP contribution in [-0.4, -0.2) is 43.0 Å². The van der Waals surface area contributed by atoms with E-state index < -0.39 is 0 Å². The van der Waals surface area contributed by atoms with Gasteiger partial charge in [0.15, 0.2) is 0 Å². The van der Waals surface area contributed by atoms with E-state index in [0.29, 0.717) is 33.3 Å². The molecule has 128 valence electrons. The van der Waals surface area contributed by atoms with Crippen LogP contribution in [0.4, 0.5) is 5.69 Å². The third-order valence-corrected chi connectivity index (χ3v) is 4.77. The molecule has 1 heterocycles. The quantitative estimate of drug-likeness (QED) is 0.785. The van der Waals surface area contributed by atoms with Crippen molar-refractivity contribution in [3.63, 3.8) is 0 Å². The van der Waals surface area contributed by atoms with Crippen LogP contribution in [0.3, 0.4) is 0 Å². The Hall–Kier alpha value is -0.520. The maximum Gasteiger partial charge on any atom is 0.238 e. The molecule has 1 fully saturated rings. The lowest BCUT2D eigenvalue weighted by atomic mass is 10.0. The second-order valence-electron chi connectivity index (χ2n) is 5.74. The molecule has 1 aliphatic heterocycles. The number of carbonyl (C=O) groups is 1. The summed E-state index contributed by atoms with van der Waals surface area (Å²) in [5, 5.41) is 7.30. The van der Waals surface area contributed by atoms with E-state index >= 15 is 0 Å². The first-order chi connectivity index (χ1) is 11.0. The van der Waals surface area contributed by atoms with Crippen LogP contribution < -0.4 is 10.6 Å². The molecule has 0 bridgehead atoms. The van der Waals surface area contributed by atoms with Gasteiger partial charge < -0.3 is 10.6 Å². The zero-order chi connectivity index (χ0) is 16.8. The molecule has 1 saturated heterocycles. The van der Waals surface area contributed by atoms with Crippen LogP contribution >= 0.6 is 34.8 Å². The summed E-state index contributed by atoms with van der Waals surface area (Å²) in [7, 11) is 0. The van der Waals surface area contributed by atoms with Crippen LogP contribution in [0.1, 0.15) is 26.2 Å². The normalized spacial score (nSPS) is 15.9. The summed E-state index contributed by atoms with van der Waals surface area (Å²) in [4.78, 5) is 14.7. The van der Waals surface area contributed by atoms with Gasteiger partial charge in [0.25, 0.3) is 0 Å². The van der Waals surface area contributed by atoms with Gasteiger partial charge in [0.1, 0.15) is 0 Å². The number of nitrogens with one attached hydrogen (secondary N) is 2. The molecule has 0 unspecified atom stereocenters.